The first-order valence-electron chi connectivity index (χ1n) is 10.3. The Kier molecular flexibility index (Phi) is 6.75. The van der Waals surface area contributed by atoms with Crippen LogP contribution in [0.3, 0.4) is 0 Å². The van der Waals surface area contributed by atoms with Gasteiger partial charge in [-0.05, 0) is 53.6 Å². The fraction of sp³-hybridized carbons (Fsp3) is 0.120. The van der Waals surface area contributed by atoms with Gasteiger partial charge in [0.2, 0.25) is 0 Å². The fourth-order valence-electron chi connectivity index (χ4n) is 3.20. The molecule has 0 spiro atoms. The fourth-order valence-corrected chi connectivity index (χ4v) is 3.87. The first kappa shape index (κ1) is 22.2. The molecule has 0 atom stereocenters. The number of rotatable bonds is 7. The first-order chi connectivity index (χ1) is 16.0. The number of pyridine rings is 1. The van der Waals surface area contributed by atoms with Gasteiger partial charge in [-0.3, -0.25) is 19.9 Å². The molecule has 0 bridgehead atoms. The number of hydrogen-bond acceptors (Lipinski definition) is 5. The first-order valence-corrected chi connectivity index (χ1v) is 11.2. The van der Waals surface area contributed by atoms with Crippen molar-refractivity contribution in [2.75, 3.05) is 19.4 Å². The molecule has 0 radical (unpaired) electrons. The molecule has 1 N–H and O–H groups in total. The van der Waals surface area contributed by atoms with E-state index in [9.17, 15) is 9.59 Å². The highest BCUT2D eigenvalue weighted by Gasteiger charge is 2.13. The van der Waals surface area contributed by atoms with Crippen LogP contribution in [0.4, 0.5) is 5.13 Å². The Morgan fingerprint density at radius 3 is 2.55 bits per heavy atom. The van der Waals surface area contributed by atoms with Crippen LogP contribution in [0.5, 0.6) is 0 Å². The number of anilines is 1. The number of benzene rings is 1. The molecule has 0 aliphatic heterocycles. The molecule has 1 aromatic carbocycles. The van der Waals surface area contributed by atoms with Crippen molar-refractivity contribution in [1.29, 1.82) is 0 Å². The summed E-state index contributed by atoms with van der Waals surface area (Å²) in [5.41, 5.74) is 3.97. The third-order valence-corrected chi connectivity index (χ3v) is 5.69. The molecular formula is C25H23N5O2S. The summed E-state index contributed by atoms with van der Waals surface area (Å²) >= 11 is 1.37. The topological polar surface area (TPSA) is 80.1 Å². The minimum Gasteiger partial charge on any atom is -0.345 e. The summed E-state index contributed by atoms with van der Waals surface area (Å²) in [6.45, 7) is 0.586. The Bertz CT molecular complexity index is 1270. The van der Waals surface area contributed by atoms with Gasteiger partial charge >= 0.3 is 0 Å². The van der Waals surface area contributed by atoms with Crippen molar-refractivity contribution in [3.63, 3.8) is 0 Å². The molecule has 0 fully saturated rings. The number of hydrogen-bond donors (Lipinski definition) is 1. The number of aromatic nitrogens is 3. The van der Waals surface area contributed by atoms with Crippen molar-refractivity contribution in [1.82, 2.24) is 19.4 Å². The van der Waals surface area contributed by atoms with Crippen LogP contribution < -0.4 is 5.32 Å². The van der Waals surface area contributed by atoms with Gasteiger partial charge in [0.25, 0.3) is 11.8 Å². The number of carbonyl (C=O) groups excluding carboxylic acids is 2. The number of nitrogens with zero attached hydrogens (tertiary/aromatic N) is 4. The second-order valence-corrected chi connectivity index (χ2v) is 8.42. The van der Waals surface area contributed by atoms with Gasteiger partial charge in [0.1, 0.15) is 5.69 Å². The zero-order valence-electron chi connectivity index (χ0n) is 18.3. The lowest BCUT2D eigenvalue weighted by molar-refractivity contribution is 0.0827. The van der Waals surface area contributed by atoms with Gasteiger partial charge in [-0.1, -0.05) is 18.2 Å². The lowest BCUT2D eigenvalue weighted by Crippen LogP contribution is -2.21. The molecule has 166 valence electrons. The minimum atomic E-state index is -0.208. The predicted octanol–water partition coefficient (Wildman–Crippen LogP) is 4.51. The molecular weight excluding hydrogens is 434 g/mol. The Balaban J connectivity index is 1.39. The summed E-state index contributed by atoms with van der Waals surface area (Å²) < 4.78 is 1.89. The van der Waals surface area contributed by atoms with E-state index in [0.717, 1.165) is 16.8 Å². The van der Waals surface area contributed by atoms with Crippen LogP contribution in [-0.2, 0) is 6.54 Å². The zero-order valence-corrected chi connectivity index (χ0v) is 19.1. The van der Waals surface area contributed by atoms with E-state index in [0.29, 0.717) is 22.9 Å². The van der Waals surface area contributed by atoms with E-state index >= 15 is 0 Å². The number of amides is 2. The van der Waals surface area contributed by atoms with E-state index in [1.165, 1.54) is 11.3 Å². The SMILES string of the molecule is CN(C)C(=O)c1ccc(/C=C/c2csc(NC(=O)c3cccn3Cc3ccncc3)n2)cc1. The van der Waals surface area contributed by atoms with Gasteiger partial charge in [-0.25, -0.2) is 4.98 Å². The second-order valence-electron chi connectivity index (χ2n) is 7.56. The normalized spacial score (nSPS) is 11.0. The summed E-state index contributed by atoms with van der Waals surface area (Å²) in [7, 11) is 3.46. The molecule has 33 heavy (non-hydrogen) atoms. The highest BCUT2D eigenvalue weighted by Crippen LogP contribution is 2.19. The van der Waals surface area contributed by atoms with Gasteiger partial charge in [-0.15, -0.1) is 11.3 Å². The summed E-state index contributed by atoms with van der Waals surface area (Å²) in [4.78, 5) is 34.8. The summed E-state index contributed by atoms with van der Waals surface area (Å²) in [5.74, 6) is -0.239. The second kappa shape index (κ2) is 10.1. The van der Waals surface area contributed by atoms with Crippen LogP contribution in [0.15, 0.2) is 72.5 Å². The molecule has 4 rings (SSSR count). The smallest absolute Gasteiger partial charge is 0.274 e. The average Bonchev–Trinajstić information content (AvgIpc) is 3.47. The van der Waals surface area contributed by atoms with Gasteiger partial charge < -0.3 is 9.47 Å². The number of thiazole rings is 1. The summed E-state index contributed by atoms with van der Waals surface area (Å²) in [6, 6.07) is 14.9. The molecule has 0 saturated carbocycles. The Labute approximate surface area is 196 Å². The lowest BCUT2D eigenvalue weighted by atomic mass is 10.1. The minimum absolute atomic E-state index is 0.0302. The van der Waals surface area contributed by atoms with Gasteiger partial charge in [-0.2, -0.15) is 0 Å². The largest absolute Gasteiger partial charge is 0.345 e. The molecule has 0 saturated heterocycles. The Morgan fingerprint density at radius 2 is 1.82 bits per heavy atom. The van der Waals surface area contributed by atoms with Crippen molar-refractivity contribution in [2.45, 2.75) is 6.54 Å². The van der Waals surface area contributed by atoms with E-state index in [1.54, 1.807) is 49.6 Å². The Morgan fingerprint density at radius 1 is 1.06 bits per heavy atom. The number of nitrogens with one attached hydrogen (secondary N) is 1. The van der Waals surface area contributed by atoms with Crippen LogP contribution in [0.1, 0.15) is 37.7 Å². The molecule has 0 aliphatic rings. The molecule has 7 nitrogen and oxygen atoms in total. The zero-order chi connectivity index (χ0) is 23.2. The highest BCUT2D eigenvalue weighted by molar-refractivity contribution is 7.14. The maximum atomic E-state index is 12.8. The molecule has 4 aromatic rings. The monoisotopic (exact) mass is 457 g/mol. The highest BCUT2D eigenvalue weighted by atomic mass is 32.1. The standard InChI is InChI=1S/C25H23N5O2S/c1-29(2)24(32)20-8-5-18(6-9-20)7-10-21-17-33-25(27-21)28-23(31)22-4-3-15-30(22)16-19-11-13-26-14-12-19/h3-15,17H,16H2,1-2H3,(H,27,28,31)/b10-7+. The summed E-state index contributed by atoms with van der Waals surface area (Å²) in [6.07, 6.45) is 9.15. The molecule has 0 aliphatic carbocycles. The van der Waals surface area contributed by atoms with Crippen molar-refractivity contribution in [3.05, 3.63) is 101 Å². The average molecular weight is 458 g/mol. The van der Waals surface area contributed by atoms with Crippen LogP contribution >= 0.6 is 11.3 Å². The molecule has 8 heteroatoms. The van der Waals surface area contributed by atoms with E-state index in [1.807, 2.05) is 58.6 Å². The van der Waals surface area contributed by atoms with Gasteiger partial charge in [0.15, 0.2) is 5.13 Å². The van der Waals surface area contributed by atoms with E-state index in [2.05, 4.69) is 15.3 Å². The van der Waals surface area contributed by atoms with Crippen LogP contribution in [-0.4, -0.2) is 45.3 Å². The maximum Gasteiger partial charge on any atom is 0.274 e. The van der Waals surface area contributed by atoms with Crippen molar-refractivity contribution < 1.29 is 9.59 Å². The number of carbonyl (C=O) groups is 2. The molecule has 0 unspecified atom stereocenters. The quantitative estimate of drug-likeness (QED) is 0.443. The molecule has 3 heterocycles. The van der Waals surface area contributed by atoms with Gasteiger partial charge in [0, 0.05) is 50.2 Å². The lowest BCUT2D eigenvalue weighted by Gasteiger charge is -2.09. The molecule has 2 amide bonds. The predicted molar refractivity (Wildman–Crippen MR) is 131 cm³/mol. The van der Waals surface area contributed by atoms with Crippen LogP contribution in [0.2, 0.25) is 0 Å². The van der Waals surface area contributed by atoms with Crippen LogP contribution in [0.25, 0.3) is 12.2 Å². The van der Waals surface area contributed by atoms with Crippen molar-refractivity contribution in [2.24, 2.45) is 0 Å². The maximum absolute atomic E-state index is 12.8. The Hall–Kier alpha value is -4.04. The summed E-state index contributed by atoms with van der Waals surface area (Å²) in [5, 5.41) is 5.29. The van der Waals surface area contributed by atoms with Crippen molar-refractivity contribution in [3.8, 4) is 0 Å². The van der Waals surface area contributed by atoms with E-state index < -0.39 is 0 Å². The van der Waals surface area contributed by atoms with Crippen LogP contribution in [0, 0.1) is 0 Å². The van der Waals surface area contributed by atoms with Gasteiger partial charge in [0.05, 0.1) is 5.69 Å². The van der Waals surface area contributed by atoms with E-state index in [-0.39, 0.29) is 11.8 Å². The third kappa shape index (κ3) is 5.61. The molecule has 3 aromatic heterocycles. The van der Waals surface area contributed by atoms with Crippen molar-refractivity contribution >= 4 is 40.4 Å². The third-order valence-electron chi connectivity index (χ3n) is 4.92. The van der Waals surface area contributed by atoms with E-state index in [4.69, 9.17) is 0 Å².